The molecule has 1 radical (unpaired) electrons. The van der Waals surface area contributed by atoms with E-state index in [2.05, 4.69) is 0 Å². The van der Waals surface area contributed by atoms with E-state index in [1.165, 1.54) is 0 Å². The molecule has 0 heterocycles. The fraction of sp³-hybridized carbons (Fsp3) is 0. The summed E-state index contributed by atoms with van der Waals surface area (Å²) >= 11 is 0. The Morgan fingerprint density at radius 1 is 0.778 bits per heavy atom. The molecule has 6 nitrogen and oxygen atoms in total. The van der Waals surface area contributed by atoms with E-state index in [0.717, 1.165) is 0 Å². The van der Waals surface area contributed by atoms with Crippen LogP contribution in [0.2, 0.25) is 0 Å². The normalized spacial score (nSPS) is 5.78. The van der Waals surface area contributed by atoms with Crippen molar-refractivity contribution in [1.82, 2.24) is 0 Å². The fourth-order valence-corrected chi connectivity index (χ4v) is 0. The summed E-state index contributed by atoms with van der Waals surface area (Å²) in [6, 6.07) is 0. The van der Waals surface area contributed by atoms with E-state index < -0.39 is 16.5 Å². The third kappa shape index (κ3) is 818. The zero-order chi connectivity index (χ0) is 7.15. The molecule has 0 amide bonds. The molecule has 0 atom stereocenters. The zero-order valence-corrected chi connectivity index (χ0v) is 7.37. The summed E-state index contributed by atoms with van der Waals surface area (Å²) in [6.45, 7) is 0. The Kier molecular flexibility index (Phi) is 20.9. The van der Waals surface area contributed by atoms with Crippen LogP contribution in [0.4, 0.5) is 0 Å². The molecule has 0 aromatic rings. The van der Waals surface area contributed by atoms with Gasteiger partial charge in [-0.25, -0.2) is 0 Å². The van der Waals surface area contributed by atoms with Crippen molar-refractivity contribution < 1.29 is 48.8 Å². The van der Waals surface area contributed by atoms with Crippen molar-refractivity contribution in [3.8, 4) is 0 Å². The van der Waals surface area contributed by atoms with E-state index in [1.807, 2.05) is 0 Å². The molecule has 0 aromatic heterocycles. The summed E-state index contributed by atoms with van der Waals surface area (Å²) in [7, 11) is -6.74. The second kappa shape index (κ2) is 11.5. The first-order chi connectivity index (χ1) is 3.46. The molecule has 0 aliphatic rings. The maximum atomic E-state index is 8.48. The maximum Gasteiger partial charge on any atom is 4.00 e. The molecular formula is O6P2Tc+2. The average Bonchev–Trinajstić information content (AvgIpc) is 1.25. The number of hydrogen-bond acceptors (Lipinski definition) is 6. The summed E-state index contributed by atoms with van der Waals surface area (Å²) in [6.07, 6.45) is 0. The van der Waals surface area contributed by atoms with Crippen LogP contribution in [0.25, 0.3) is 0 Å². The first-order valence-electron chi connectivity index (χ1n) is 1.10. The van der Waals surface area contributed by atoms with Crippen LogP contribution < -0.4 is 19.6 Å². The SMILES string of the molecule is O=[P+]([O-])[O-].O=[P+]([O-])[O-].[Tc+4]. The smallest absolute Gasteiger partial charge is 0.598 e. The Balaban J connectivity index is -0.0000000720. The first kappa shape index (κ1) is 16.3. The molecule has 9 heteroatoms. The van der Waals surface area contributed by atoms with Crippen molar-refractivity contribution in [2.24, 2.45) is 0 Å². The van der Waals surface area contributed by atoms with E-state index in [-0.39, 0.29) is 20.1 Å². The van der Waals surface area contributed by atoms with E-state index in [9.17, 15) is 0 Å². The summed E-state index contributed by atoms with van der Waals surface area (Å²) in [4.78, 5) is 33.9. The van der Waals surface area contributed by atoms with Crippen molar-refractivity contribution in [2.75, 3.05) is 0 Å². The van der Waals surface area contributed by atoms with E-state index in [4.69, 9.17) is 28.7 Å². The molecule has 0 aliphatic heterocycles. The van der Waals surface area contributed by atoms with Gasteiger partial charge in [0.2, 0.25) is 0 Å². The molecule has 0 fully saturated rings. The second-order valence-corrected chi connectivity index (χ2v) is 1.34. The van der Waals surface area contributed by atoms with Crippen molar-refractivity contribution in [1.29, 1.82) is 0 Å². The standard InChI is InChI=1S/2HO3P.Tc/c2*1-4(2)3;/h2*(H,1,2,3);/q;;+4/p-2. The molecule has 0 bridgehead atoms. The molecular weight excluding hydrogens is 256 g/mol. The Labute approximate surface area is 65.8 Å². The minimum atomic E-state index is -3.37. The molecule has 0 saturated carbocycles. The Bertz CT molecular complexity index is 69.1. The van der Waals surface area contributed by atoms with Crippen LogP contribution in [0.3, 0.4) is 0 Å². The topological polar surface area (TPSA) is 126 Å². The van der Waals surface area contributed by atoms with Gasteiger partial charge in [-0.15, -0.1) is 0 Å². The fourth-order valence-electron chi connectivity index (χ4n) is 0. The zero-order valence-electron chi connectivity index (χ0n) is 3.72. The molecule has 0 aliphatic carbocycles. The van der Waals surface area contributed by atoms with Crippen LogP contribution in [0, 0.1) is 0 Å². The molecule has 0 unspecified atom stereocenters. The Hall–Kier alpha value is 0.689. The second-order valence-electron chi connectivity index (χ2n) is 0.447. The molecule has 0 saturated heterocycles. The third-order valence-corrected chi connectivity index (χ3v) is 0. The third-order valence-electron chi connectivity index (χ3n) is 0. The van der Waals surface area contributed by atoms with Crippen molar-refractivity contribution in [3.63, 3.8) is 0 Å². The van der Waals surface area contributed by atoms with Gasteiger partial charge < -0.3 is 19.6 Å². The van der Waals surface area contributed by atoms with E-state index in [1.54, 1.807) is 0 Å². The Morgan fingerprint density at radius 3 is 0.778 bits per heavy atom. The summed E-state index contributed by atoms with van der Waals surface area (Å²) in [5.74, 6) is 0. The minimum Gasteiger partial charge on any atom is -0.598 e. The van der Waals surface area contributed by atoms with Crippen molar-refractivity contribution in [2.45, 2.75) is 0 Å². The van der Waals surface area contributed by atoms with Gasteiger partial charge in [-0.3, -0.25) is 0 Å². The van der Waals surface area contributed by atoms with E-state index in [0.29, 0.717) is 0 Å². The van der Waals surface area contributed by atoms with Gasteiger partial charge in [0.25, 0.3) is 16.5 Å². The van der Waals surface area contributed by atoms with Gasteiger partial charge in [-0.1, -0.05) is 9.13 Å². The van der Waals surface area contributed by atoms with Gasteiger partial charge in [0.05, 0.1) is 0 Å². The van der Waals surface area contributed by atoms with Crippen LogP contribution in [-0.4, -0.2) is 0 Å². The van der Waals surface area contributed by atoms with E-state index >= 15 is 0 Å². The average molecular weight is 256 g/mol. The van der Waals surface area contributed by atoms with Gasteiger partial charge in [-0.2, -0.15) is 0 Å². The van der Waals surface area contributed by atoms with Gasteiger partial charge >= 0.3 is 20.1 Å². The molecule has 51 valence electrons. The molecule has 0 aromatic carbocycles. The summed E-state index contributed by atoms with van der Waals surface area (Å²) in [5.41, 5.74) is 0. The van der Waals surface area contributed by atoms with Crippen LogP contribution in [0.15, 0.2) is 0 Å². The van der Waals surface area contributed by atoms with Crippen LogP contribution in [0.1, 0.15) is 0 Å². The molecule has 0 N–H and O–H groups in total. The van der Waals surface area contributed by atoms with Gasteiger partial charge in [0, 0.05) is 0 Å². The van der Waals surface area contributed by atoms with Gasteiger partial charge in [0.1, 0.15) is 0 Å². The van der Waals surface area contributed by atoms with Crippen LogP contribution >= 0.6 is 16.5 Å². The Morgan fingerprint density at radius 2 is 0.778 bits per heavy atom. The largest absolute Gasteiger partial charge is 4.00 e. The van der Waals surface area contributed by atoms with Crippen LogP contribution in [0.5, 0.6) is 0 Å². The van der Waals surface area contributed by atoms with Gasteiger partial charge in [0.15, 0.2) is 0 Å². The molecule has 0 spiro atoms. The molecule has 0 rings (SSSR count). The minimum absolute atomic E-state index is 0. The quantitative estimate of drug-likeness (QED) is 0.418. The van der Waals surface area contributed by atoms with Gasteiger partial charge in [-0.05, 0) is 0 Å². The van der Waals surface area contributed by atoms with Crippen molar-refractivity contribution >= 4 is 16.5 Å². The maximum absolute atomic E-state index is 8.48. The predicted molar refractivity (Wildman–Crippen MR) is 15.2 cm³/mol. The van der Waals surface area contributed by atoms with Crippen molar-refractivity contribution in [3.05, 3.63) is 0 Å². The molecule has 9 heavy (non-hydrogen) atoms. The first-order valence-corrected chi connectivity index (χ1v) is 3.29. The number of hydrogen-bond donors (Lipinski definition) is 0. The monoisotopic (exact) mass is 255 g/mol. The predicted octanol–water partition coefficient (Wildman–Crippen LogP) is -3.27. The summed E-state index contributed by atoms with van der Waals surface area (Å²) in [5, 5.41) is 0. The summed E-state index contributed by atoms with van der Waals surface area (Å²) < 4.78 is 17.0. The van der Waals surface area contributed by atoms with Crippen LogP contribution in [-0.2, 0) is 29.2 Å². The number of rotatable bonds is 0.